The van der Waals surface area contributed by atoms with Crippen LogP contribution in [0.1, 0.15) is 11.1 Å². The van der Waals surface area contributed by atoms with Crippen molar-refractivity contribution in [2.45, 2.75) is 19.0 Å². The fraction of sp³-hybridized carbons (Fsp3) is 0.167. The molecule has 2 aromatic carbocycles. The zero-order valence-corrected chi connectivity index (χ0v) is 15.9. The van der Waals surface area contributed by atoms with Crippen LogP contribution >= 0.6 is 23.4 Å². The molecule has 134 valence electrons. The highest BCUT2D eigenvalue weighted by Crippen LogP contribution is 2.23. The number of anilines is 1. The van der Waals surface area contributed by atoms with Crippen LogP contribution in [0.2, 0.25) is 5.02 Å². The monoisotopic (exact) mass is 387 g/mol. The number of aromatic nitrogens is 3. The number of nitrogens with one attached hydrogen (secondary N) is 1. The summed E-state index contributed by atoms with van der Waals surface area (Å²) in [7, 11) is 0. The first-order chi connectivity index (χ1) is 12.4. The van der Waals surface area contributed by atoms with Gasteiger partial charge in [0, 0.05) is 16.3 Å². The van der Waals surface area contributed by atoms with E-state index < -0.39 is 0 Å². The Labute approximate surface area is 160 Å². The summed E-state index contributed by atoms with van der Waals surface area (Å²) >= 11 is 7.12. The molecule has 0 unspecified atom stereocenters. The van der Waals surface area contributed by atoms with Gasteiger partial charge in [-0.2, -0.15) is 0 Å². The molecule has 6 nitrogen and oxygen atoms in total. The van der Waals surface area contributed by atoms with E-state index in [0.717, 1.165) is 22.4 Å². The average Bonchev–Trinajstić information content (AvgIpc) is 2.97. The van der Waals surface area contributed by atoms with E-state index in [9.17, 15) is 4.79 Å². The molecule has 1 amide bonds. The third kappa shape index (κ3) is 4.17. The normalized spacial score (nSPS) is 10.7. The second-order valence-corrected chi connectivity index (χ2v) is 7.22. The van der Waals surface area contributed by atoms with Gasteiger partial charge >= 0.3 is 0 Å². The van der Waals surface area contributed by atoms with Gasteiger partial charge in [-0.05, 0) is 49.7 Å². The maximum Gasteiger partial charge on any atom is 0.234 e. The molecule has 3 rings (SSSR count). The number of halogens is 1. The lowest BCUT2D eigenvalue weighted by atomic mass is 10.1. The Morgan fingerprint density at radius 1 is 1.19 bits per heavy atom. The Kier molecular flexibility index (Phi) is 5.49. The SMILES string of the molecule is Cc1ccc(NC(=O)CSc2nnc(-c3ccc(Cl)cc3)n2N)c(C)c1. The second kappa shape index (κ2) is 7.80. The minimum absolute atomic E-state index is 0.127. The lowest BCUT2D eigenvalue weighted by Crippen LogP contribution is -2.17. The average molecular weight is 388 g/mol. The van der Waals surface area contributed by atoms with Gasteiger partial charge in [-0.1, -0.05) is 41.1 Å². The molecule has 0 atom stereocenters. The minimum Gasteiger partial charge on any atom is -0.335 e. The summed E-state index contributed by atoms with van der Waals surface area (Å²) in [6.45, 7) is 3.98. The maximum atomic E-state index is 12.2. The Bertz CT molecular complexity index is 939. The molecule has 3 aromatic rings. The Balaban J connectivity index is 1.64. The van der Waals surface area contributed by atoms with E-state index in [1.54, 1.807) is 12.1 Å². The van der Waals surface area contributed by atoms with Crippen LogP contribution in [-0.4, -0.2) is 26.5 Å². The summed E-state index contributed by atoms with van der Waals surface area (Å²) in [5.41, 5.74) is 3.78. The van der Waals surface area contributed by atoms with E-state index in [2.05, 4.69) is 15.5 Å². The number of nitrogen functional groups attached to an aromatic ring is 1. The van der Waals surface area contributed by atoms with Crippen molar-refractivity contribution in [1.29, 1.82) is 0 Å². The summed E-state index contributed by atoms with van der Waals surface area (Å²) in [5.74, 6) is 6.63. The van der Waals surface area contributed by atoms with Crippen LogP contribution in [0.4, 0.5) is 5.69 Å². The second-order valence-electron chi connectivity index (χ2n) is 5.84. The van der Waals surface area contributed by atoms with Crippen molar-refractivity contribution in [3.63, 3.8) is 0 Å². The molecule has 0 radical (unpaired) electrons. The summed E-state index contributed by atoms with van der Waals surface area (Å²) in [6, 6.07) is 13.0. The maximum absolute atomic E-state index is 12.2. The highest BCUT2D eigenvalue weighted by molar-refractivity contribution is 7.99. The molecule has 0 aliphatic carbocycles. The fourth-order valence-electron chi connectivity index (χ4n) is 2.44. The number of carbonyl (C=O) groups is 1. The Morgan fingerprint density at radius 2 is 1.92 bits per heavy atom. The zero-order valence-electron chi connectivity index (χ0n) is 14.4. The van der Waals surface area contributed by atoms with Crippen molar-refractivity contribution < 1.29 is 4.79 Å². The van der Waals surface area contributed by atoms with Crippen LogP contribution in [-0.2, 0) is 4.79 Å². The van der Waals surface area contributed by atoms with E-state index in [0.29, 0.717) is 16.0 Å². The number of carbonyl (C=O) groups excluding carboxylic acids is 1. The first-order valence-electron chi connectivity index (χ1n) is 7.90. The number of hydrogen-bond donors (Lipinski definition) is 2. The van der Waals surface area contributed by atoms with Crippen LogP contribution in [0.15, 0.2) is 47.6 Å². The van der Waals surface area contributed by atoms with Crippen LogP contribution in [0.3, 0.4) is 0 Å². The Hall–Kier alpha value is -2.51. The largest absolute Gasteiger partial charge is 0.335 e. The van der Waals surface area contributed by atoms with Crippen molar-refractivity contribution in [1.82, 2.24) is 14.9 Å². The van der Waals surface area contributed by atoms with Gasteiger partial charge in [-0.25, -0.2) is 4.68 Å². The number of aryl methyl sites for hydroxylation is 2. The standard InChI is InChI=1S/C18H18ClN5OS/c1-11-3-8-15(12(2)9-11)21-16(25)10-26-18-23-22-17(24(18)20)13-4-6-14(19)7-5-13/h3-9H,10,20H2,1-2H3,(H,21,25). The predicted molar refractivity (Wildman–Crippen MR) is 106 cm³/mol. The lowest BCUT2D eigenvalue weighted by molar-refractivity contribution is -0.113. The number of rotatable bonds is 5. The van der Waals surface area contributed by atoms with Gasteiger partial charge < -0.3 is 11.2 Å². The summed E-state index contributed by atoms with van der Waals surface area (Å²) in [6.07, 6.45) is 0. The number of nitrogens with zero attached hydrogens (tertiary/aromatic N) is 3. The molecular formula is C18H18ClN5OS. The van der Waals surface area contributed by atoms with Crippen molar-refractivity contribution in [3.8, 4) is 11.4 Å². The van der Waals surface area contributed by atoms with Crippen LogP contribution in [0, 0.1) is 13.8 Å². The van der Waals surface area contributed by atoms with E-state index >= 15 is 0 Å². The molecule has 0 fully saturated rings. The molecule has 0 aliphatic heterocycles. The number of benzene rings is 2. The van der Waals surface area contributed by atoms with Crippen LogP contribution in [0.25, 0.3) is 11.4 Å². The molecule has 1 aromatic heterocycles. The first kappa shape index (κ1) is 18.3. The topological polar surface area (TPSA) is 85.8 Å². The van der Waals surface area contributed by atoms with E-state index in [-0.39, 0.29) is 11.7 Å². The summed E-state index contributed by atoms with van der Waals surface area (Å²) in [4.78, 5) is 12.2. The van der Waals surface area contributed by atoms with Crippen molar-refractivity contribution in [2.75, 3.05) is 16.9 Å². The smallest absolute Gasteiger partial charge is 0.234 e. The summed E-state index contributed by atoms with van der Waals surface area (Å²) in [5, 5.41) is 12.2. The molecule has 3 N–H and O–H groups in total. The zero-order chi connectivity index (χ0) is 18.7. The van der Waals surface area contributed by atoms with Crippen molar-refractivity contribution in [3.05, 3.63) is 58.6 Å². The third-order valence-corrected chi connectivity index (χ3v) is 4.95. The lowest BCUT2D eigenvalue weighted by Gasteiger charge is -2.09. The molecule has 1 heterocycles. The molecule has 0 bridgehead atoms. The number of amides is 1. The Morgan fingerprint density at radius 3 is 2.62 bits per heavy atom. The summed E-state index contributed by atoms with van der Waals surface area (Å²) < 4.78 is 1.37. The molecule has 26 heavy (non-hydrogen) atoms. The van der Waals surface area contributed by atoms with Gasteiger partial charge in [-0.3, -0.25) is 4.79 Å². The van der Waals surface area contributed by atoms with Gasteiger partial charge in [0.15, 0.2) is 5.82 Å². The molecule has 0 spiro atoms. The van der Waals surface area contributed by atoms with Gasteiger partial charge in [-0.15, -0.1) is 10.2 Å². The first-order valence-corrected chi connectivity index (χ1v) is 9.27. The van der Waals surface area contributed by atoms with E-state index in [1.165, 1.54) is 16.4 Å². The molecule has 8 heteroatoms. The van der Waals surface area contributed by atoms with Crippen LogP contribution in [0.5, 0.6) is 0 Å². The van der Waals surface area contributed by atoms with Crippen LogP contribution < -0.4 is 11.2 Å². The molecular weight excluding hydrogens is 370 g/mol. The number of thioether (sulfide) groups is 1. The minimum atomic E-state index is -0.127. The van der Waals surface area contributed by atoms with Gasteiger partial charge in [0.05, 0.1) is 5.75 Å². The van der Waals surface area contributed by atoms with Crippen molar-refractivity contribution >= 4 is 35.0 Å². The fourth-order valence-corrected chi connectivity index (χ4v) is 3.22. The van der Waals surface area contributed by atoms with E-state index in [4.69, 9.17) is 17.4 Å². The van der Waals surface area contributed by atoms with Gasteiger partial charge in [0.2, 0.25) is 11.1 Å². The quantitative estimate of drug-likeness (QED) is 0.515. The van der Waals surface area contributed by atoms with Gasteiger partial charge in [0.1, 0.15) is 0 Å². The predicted octanol–water partition coefficient (Wildman–Crippen LogP) is 3.66. The number of nitrogens with two attached hydrogens (primary N) is 1. The number of hydrogen-bond acceptors (Lipinski definition) is 5. The molecule has 0 aliphatic rings. The van der Waals surface area contributed by atoms with Gasteiger partial charge in [0.25, 0.3) is 0 Å². The van der Waals surface area contributed by atoms with Crippen molar-refractivity contribution in [2.24, 2.45) is 0 Å². The third-order valence-electron chi connectivity index (χ3n) is 3.76. The molecule has 0 saturated carbocycles. The van der Waals surface area contributed by atoms with E-state index in [1.807, 2.05) is 44.2 Å². The highest BCUT2D eigenvalue weighted by Gasteiger charge is 2.14. The molecule has 0 saturated heterocycles. The highest BCUT2D eigenvalue weighted by atomic mass is 35.5.